The molecular formula is C33H38ClFN8O3. The minimum absolute atomic E-state index is 0.107. The Balaban J connectivity index is 1.39. The quantitative estimate of drug-likeness (QED) is 0.266. The fraction of sp³-hybridized carbons (Fsp3) is 0.455. The third-order valence-electron chi connectivity index (χ3n) is 8.95. The van der Waals surface area contributed by atoms with Crippen LogP contribution in [0.3, 0.4) is 0 Å². The zero-order valence-corrected chi connectivity index (χ0v) is 26.7. The fourth-order valence-electron chi connectivity index (χ4n) is 6.44. The van der Waals surface area contributed by atoms with E-state index in [4.69, 9.17) is 32.5 Å². The third-order valence-corrected chi connectivity index (χ3v) is 9.15. The van der Waals surface area contributed by atoms with Crippen LogP contribution in [-0.4, -0.2) is 75.8 Å². The van der Waals surface area contributed by atoms with E-state index < -0.39 is 18.1 Å². The van der Waals surface area contributed by atoms with Crippen LogP contribution >= 0.6 is 11.6 Å². The number of hydrogen-bond donors (Lipinski definition) is 3. The van der Waals surface area contributed by atoms with Crippen molar-refractivity contribution in [2.24, 2.45) is 11.7 Å². The molecule has 11 nitrogen and oxygen atoms in total. The molecular weight excluding hydrogens is 611 g/mol. The van der Waals surface area contributed by atoms with Gasteiger partial charge >= 0.3 is 0 Å². The first-order valence-corrected chi connectivity index (χ1v) is 16.1. The number of halogens is 2. The number of carbonyl (C=O) groups excluding carboxylic acids is 2. The van der Waals surface area contributed by atoms with E-state index in [9.17, 15) is 9.59 Å². The molecule has 6 rings (SSSR count). The van der Waals surface area contributed by atoms with Gasteiger partial charge in [-0.1, -0.05) is 37.9 Å². The number of aromatic nitrogens is 3. The summed E-state index contributed by atoms with van der Waals surface area (Å²) in [6.07, 6.45) is 7.41. The summed E-state index contributed by atoms with van der Waals surface area (Å²) in [5.41, 5.74) is 8.47. The number of ether oxygens (including phenoxy) is 1. The van der Waals surface area contributed by atoms with Gasteiger partial charge in [0, 0.05) is 48.9 Å². The van der Waals surface area contributed by atoms with E-state index in [1.54, 1.807) is 18.2 Å². The second-order valence-corrected chi connectivity index (χ2v) is 13.0. The van der Waals surface area contributed by atoms with Crippen LogP contribution < -0.4 is 20.7 Å². The predicted octanol–water partition coefficient (Wildman–Crippen LogP) is 4.79. The number of amides is 2. The lowest BCUT2D eigenvalue weighted by Crippen LogP contribution is -2.53. The van der Waals surface area contributed by atoms with Gasteiger partial charge in [-0.15, -0.1) is 0 Å². The van der Waals surface area contributed by atoms with Crippen molar-refractivity contribution in [3.05, 3.63) is 58.3 Å². The van der Waals surface area contributed by atoms with Gasteiger partial charge in [0.25, 0.3) is 11.8 Å². The van der Waals surface area contributed by atoms with Crippen LogP contribution in [0.4, 0.5) is 15.9 Å². The summed E-state index contributed by atoms with van der Waals surface area (Å²) >= 11 is 5.93. The van der Waals surface area contributed by atoms with Gasteiger partial charge in [0.15, 0.2) is 6.61 Å². The van der Waals surface area contributed by atoms with E-state index in [0.717, 1.165) is 25.6 Å². The number of hydrogen-bond acceptors (Lipinski definition) is 9. The maximum absolute atomic E-state index is 15.6. The molecule has 2 atom stereocenters. The van der Waals surface area contributed by atoms with Crippen molar-refractivity contribution in [1.82, 2.24) is 19.9 Å². The Morgan fingerprint density at radius 1 is 1.26 bits per heavy atom. The normalized spacial score (nSPS) is 20.2. The van der Waals surface area contributed by atoms with E-state index in [1.165, 1.54) is 23.7 Å². The van der Waals surface area contributed by atoms with Crippen LogP contribution in [0.15, 0.2) is 30.6 Å². The minimum Gasteiger partial charge on any atom is -0.482 e. The number of nitrogens with one attached hydrogen (secondary N) is 2. The monoisotopic (exact) mass is 648 g/mol. The molecule has 0 bridgehead atoms. The summed E-state index contributed by atoms with van der Waals surface area (Å²) in [5.74, 6) is 0.339. The molecule has 4 N–H and O–H groups in total. The van der Waals surface area contributed by atoms with E-state index >= 15 is 4.39 Å². The molecule has 2 fully saturated rings. The van der Waals surface area contributed by atoms with Crippen LogP contribution in [-0.2, 0) is 17.8 Å². The Morgan fingerprint density at radius 3 is 2.65 bits per heavy atom. The second-order valence-electron chi connectivity index (χ2n) is 12.6. The molecule has 1 aliphatic carbocycles. The average molecular weight is 649 g/mol. The third kappa shape index (κ3) is 6.41. The molecule has 3 aliphatic rings. The highest BCUT2D eigenvalue weighted by atomic mass is 35.5. The van der Waals surface area contributed by atoms with Crippen molar-refractivity contribution in [1.29, 1.82) is 5.41 Å². The molecule has 13 heteroatoms. The molecule has 2 unspecified atom stereocenters. The molecule has 3 aromatic rings. The topological polar surface area (TPSA) is 150 Å². The summed E-state index contributed by atoms with van der Waals surface area (Å²) in [6, 6.07) is 5.17. The van der Waals surface area contributed by atoms with Gasteiger partial charge in [0.1, 0.15) is 23.6 Å². The van der Waals surface area contributed by atoms with E-state index in [0.29, 0.717) is 75.9 Å². The highest BCUT2D eigenvalue weighted by Crippen LogP contribution is 2.41. The number of carbonyl (C=O) groups is 2. The molecule has 0 radical (unpaired) electrons. The summed E-state index contributed by atoms with van der Waals surface area (Å²) in [6.45, 7) is 5.07. The lowest BCUT2D eigenvalue weighted by molar-refractivity contribution is -0.121. The Labute approximate surface area is 272 Å². The van der Waals surface area contributed by atoms with Gasteiger partial charge in [0.2, 0.25) is 0 Å². The van der Waals surface area contributed by atoms with Crippen molar-refractivity contribution >= 4 is 41.1 Å². The van der Waals surface area contributed by atoms with Gasteiger partial charge < -0.3 is 21.2 Å². The van der Waals surface area contributed by atoms with Gasteiger partial charge in [-0.3, -0.25) is 19.4 Å². The van der Waals surface area contributed by atoms with Crippen molar-refractivity contribution in [2.45, 2.75) is 70.8 Å². The highest BCUT2D eigenvalue weighted by Gasteiger charge is 2.36. The van der Waals surface area contributed by atoms with Crippen molar-refractivity contribution < 1.29 is 18.7 Å². The number of piperidine rings is 1. The van der Waals surface area contributed by atoms with Gasteiger partial charge in [-0.25, -0.2) is 19.3 Å². The Bertz CT molecular complexity index is 1650. The molecule has 242 valence electrons. The minimum atomic E-state index is -1.12. The summed E-state index contributed by atoms with van der Waals surface area (Å²) in [5, 5.41) is 12.1. The molecule has 1 aromatic carbocycles. The highest BCUT2D eigenvalue weighted by molar-refractivity contribution is 6.30. The smallest absolute Gasteiger partial charge is 0.265 e. The number of nitrogens with zero attached hydrogens (tertiary/aromatic N) is 5. The predicted molar refractivity (Wildman–Crippen MR) is 174 cm³/mol. The Morgan fingerprint density at radius 2 is 2.02 bits per heavy atom. The molecule has 2 amide bonds. The molecule has 1 saturated heterocycles. The van der Waals surface area contributed by atoms with Crippen molar-refractivity contribution in [3.63, 3.8) is 0 Å². The van der Waals surface area contributed by atoms with Gasteiger partial charge in [0.05, 0.1) is 34.6 Å². The maximum atomic E-state index is 15.6. The molecule has 1 saturated carbocycles. The number of pyridine rings is 1. The molecule has 2 aliphatic heterocycles. The largest absolute Gasteiger partial charge is 0.482 e. The fourth-order valence-corrected chi connectivity index (χ4v) is 6.54. The first kappa shape index (κ1) is 31.8. The average Bonchev–Trinajstić information content (AvgIpc) is 2.99. The zero-order valence-electron chi connectivity index (χ0n) is 25.9. The van der Waals surface area contributed by atoms with Gasteiger partial charge in [-0.05, 0) is 49.3 Å². The number of rotatable bonds is 10. The number of fused-ring (bicyclic) bond motifs is 1. The number of benzene rings is 1. The van der Waals surface area contributed by atoms with E-state index in [-0.39, 0.29) is 30.5 Å². The molecule has 0 spiro atoms. The Hall–Kier alpha value is -4.16. The van der Waals surface area contributed by atoms with Gasteiger partial charge in [-0.2, -0.15) is 0 Å². The Kier molecular flexibility index (Phi) is 9.19. The standard InChI is InChI=1S/C33H38ClFN8O3/c1-18(2)10-25-31(32(37)45)30(22(12-36)33(41-25)40-24-8-9-42(15-23(24)35)21-4-3-5-21)19-6-7-26-27(11-19)46-17-29(44)43(26)16-28-38-13-20(34)14-39-28/h6-7,11-14,18,21,23-24,36H,3-5,8-10,15-17H2,1-2H3,(H2,37,45)(H,40,41). The zero-order chi connectivity index (χ0) is 32.5. The van der Waals surface area contributed by atoms with Crippen LogP contribution in [0.25, 0.3) is 11.1 Å². The summed E-state index contributed by atoms with van der Waals surface area (Å²) in [4.78, 5) is 43.0. The number of nitrogens with two attached hydrogens (primary N) is 1. The lowest BCUT2D eigenvalue weighted by Gasteiger charge is -2.43. The molecule has 46 heavy (non-hydrogen) atoms. The van der Waals surface area contributed by atoms with Crippen molar-refractivity contribution in [2.75, 3.05) is 29.9 Å². The number of alkyl halides is 1. The van der Waals surface area contributed by atoms with Crippen LogP contribution in [0.2, 0.25) is 5.02 Å². The SMILES string of the molecule is CC(C)Cc1nc(NC2CCN(C3CCC3)CC2F)c(C=N)c(-c2ccc3c(c2)OCC(=O)N3Cc2ncc(Cl)cn2)c1C(N)=O. The number of likely N-dealkylation sites (tertiary alicyclic amines) is 1. The number of primary amides is 1. The van der Waals surface area contributed by atoms with Crippen LogP contribution in [0.1, 0.15) is 67.0 Å². The van der Waals surface area contributed by atoms with Crippen molar-refractivity contribution in [3.8, 4) is 16.9 Å². The second kappa shape index (κ2) is 13.3. The number of anilines is 2. The van der Waals surface area contributed by atoms with E-state index in [2.05, 4.69) is 20.2 Å². The van der Waals surface area contributed by atoms with Crippen LogP contribution in [0.5, 0.6) is 5.75 Å². The molecule has 2 aromatic heterocycles. The summed E-state index contributed by atoms with van der Waals surface area (Å²) < 4.78 is 21.4. The molecule has 4 heterocycles. The van der Waals surface area contributed by atoms with E-state index in [1.807, 2.05) is 13.8 Å². The summed E-state index contributed by atoms with van der Waals surface area (Å²) in [7, 11) is 0. The first-order chi connectivity index (χ1) is 22.1. The lowest BCUT2D eigenvalue weighted by atomic mass is 9.88. The maximum Gasteiger partial charge on any atom is 0.265 e. The van der Waals surface area contributed by atoms with Crippen LogP contribution in [0, 0.1) is 11.3 Å². The first-order valence-electron chi connectivity index (χ1n) is 15.7.